The van der Waals surface area contributed by atoms with E-state index in [2.05, 4.69) is 34.3 Å². The van der Waals surface area contributed by atoms with Crippen LogP contribution in [0.4, 0.5) is 0 Å². The zero-order valence-corrected chi connectivity index (χ0v) is 16.4. The number of hydrazone groups is 1. The van der Waals surface area contributed by atoms with Crippen LogP contribution in [0.25, 0.3) is 11.0 Å². The van der Waals surface area contributed by atoms with E-state index in [0.717, 1.165) is 21.8 Å². The summed E-state index contributed by atoms with van der Waals surface area (Å²) >= 11 is 13.5. The number of halogens is 2. The number of aromatic nitrogens is 2. The van der Waals surface area contributed by atoms with Crippen molar-refractivity contribution in [3.8, 4) is 0 Å². The van der Waals surface area contributed by atoms with Gasteiger partial charge in [-0.2, -0.15) is 5.10 Å². The van der Waals surface area contributed by atoms with Crippen molar-refractivity contribution in [1.29, 1.82) is 0 Å². The smallest absolute Gasteiger partial charge is 0.271 e. The summed E-state index contributed by atoms with van der Waals surface area (Å²) in [7, 11) is 0. The number of aromatic amines is 1. The molecule has 2 aromatic carbocycles. The molecule has 0 saturated carbocycles. The third-order valence-electron chi connectivity index (χ3n) is 3.39. The number of hydrogen-bond donors (Lipinski definition) is 2. The van der Waals surface area contributed by atoms with Crippen molar-refractivity contribution < 1.29 is 4.79 Å². The Kier molecular flexibility index (Phi) is 5.86. The lowest BCUT2D eigenvalue weighted by molar-refractivity contribution is 0.0955. The molecule has 26 heavy (non-hydrogen) atoms. The van der Waals surface area contributed by atoms with E-state index < -0.39 is 0 Å². The molecule has 2 N–H and O–H groups in total. The van der Waals surface area contributed by atoms with Crippen LogP contribution in [0.3, 0.4) is 0 Å². The van der Waals surface area contributed by atoms with Crippen LogP contribution in [0, 0.1) is 0 Å². The predicted octanol–water partition coefficient (Wildman–Crippen LogP) is 5.13. The van der Waals surface area contributed by atoms with E-state index in [1.54, 1.807) is 42.1 Å². The lowest BCUT2D eigenvalue weighted by atomic mass is 10.2. The molecule has 0 atom stereocenters. The van der Waals surface area contributed by atoms with Crippen LogP contribution in [0.2, 0.25) is 10.0 Å². The number of H-pyrrole nitrogens is 1. The summed E-state index contributed by atoms with van der Waals surface area (Å²) in [6.07, 6.45) is 1.51. The maximum atomic E-state index is 12.3. The van der Waals surface area contributed by atoms with Gasteiger partial charge in [0.25, 0.3) is 5.91 Å². The van der Waals surface area contributed by atoms with Crippen LogP contribution in [-0.4, -0.2) is 27.3 Å². The number of thioether (sulfide) groups is 1. The number of nitrogens with zero attached hydrogens (tertiary/aromatic N) is 2. The lowest BCUT2D eigenvalue weighted by Gasteiger charge is -2.00. The summed E-state index contributed by atoms with van der Waals surface area (Å²) in [5.41, 5.74) is 5.37. The maximum absolute atomic E-state index is 12.3. The van der Waals surface area contributed by atoms with Crippen molar-refractivity contribution in [2.24, 2.45) is 5.10 Å². The zero-order valence-electron chi connectivity index (χ0n) is 14.1. The molecule has 1 amide bonds. The summed E-state index contributed by atoms with van der Waals surface area (Å²) in [5.74, 6) is -0.309. The Morgan fingerprint density at radius 1 is 1.23 bits per heavy atom. The normalized spacial score (nSPS) is 11.6. The third kappa shape index (κ3) is 4.58. The minimum absolute atomic E-state index is 0.309. The van der Waals surface area contributed by atoms with E-state index >= 15 is 0 Å². The molecule has 134 valence electrons. The molecule has 0 unspecified atom stereocenters. The average Bonchev–Trinajstić information content (AvgIpc) is 2.98. The highest BCUT2D eigenvalue weighted by Crippen LogP contribution is 2.24. The average molecular weight is 407 g/mol. The Balaban J connectivity index is 1.70. The molecular weight excluding hydrogens is 391 g/mol. The summed E-state index contributed by atoms with van der Waals surface area (Å²) in [6, 6.07) is 10.4. The van der Waals surface area contributed by atoms with Crippen molar-refractivity contribution in [2.75, 3.05) is 0 Å². The van der Waals surface area contributed by atoms with Crippen LogP contribution in [0.5, 0.6) is 0 Å². The summed E-state index contributed by atoms with van der Waals surface area (Å²) in [6.45, 7) is 4.20. The van der Waals surface area contributed by atoms with Crippen molar-refractivity contribution in [3.63, 3.8) is 0 Å². The maximum Gasteiger partial charge on any atom is 0.271 e. The Hall–Kier alpha value is -2.02. The molecule has 8 heteroatoms. The number of amides is 1. The first kappa shape index (κ1) is 18.8. The summed E-state index contributed by atoms with van der Waals surface area (Å²) in [4.78, 5) is 20.0. The predicted molar refractivity (Wildman–Crippen MR) is 109 cm³/mol. The number of nitrogens with one attached hydrogen (secondary N) is 2. The molecule has 0 aliphatic carbocycles. The molecule has 0 spiro atoms. The van der Waals surface area contributed by atoms with Gasteiger partial charge in [0.2, 0.25) is 0 Å². The van der Waals surface area contributed by atoms with E-state index in [1.165, 1.54) is 6.21 Å². The fourth-order valence-corrected chi connectivity index (χ4v) is 3.30. The van der Waals surface area contributed by atoms with Gasteiger partial charge >= 0.3 is 0 Å². The van der Waals surface area contributed by atoms with Gasteiger partial charge in [-0.15, -0.1) is 0 Å². The van der Waals surface area contributed by atoms with E-state index in [4.69, 9.17) is 23.2 Å². The fraction of sp³-hybridized carbons (Fsp3) is 0.167. The monoisotopic (exact) mass is 406 g/mol. The highest BCUT2D eigenvalue weighted by Gasteiger charge is 2.09. The van der Waals surface area contributed by atoms with Crippen molar-refractivity contribution in [2.45, 2.75) is 24.3 Å². The van der Waals surface area contributed by atoms with E-state index in [1.807, 2.05) is 6.07 Å². The highest BCUT2D eigenvalue weighted by molar-refractivity contribution is 7.99. The number of imidazole rings is 1. The van der Waals surface area contributed by atoms with Gasteiger partial charge in [-0.3, -0.25) is 4.79 Å². The van der Waals surface area contributed by atoms with Crippen molar-refractivity contribution in [1.82, 2.24) is 15.4 Å². The second-order valence-corrected chi connectivity index (χ2v) is 8.19. The van der Waals surface area contributed by atoms with E-state index in [0.29, 0.717) is 20.9 Å². The number of rotatable bonds is 5. The van der Waals surface area contributed by atoms with Crippen LogP contribution < -0.4 is 5.43 Å². The van der Waals surface area contributed by atoms with Gasteiger partial charge < -0.3 is 4.98 Å². The van der Waals surface area contributed by atoms with E-state index in [9.17, 15) is 4.79 Å². The Bertz CT molecular complexity index is 984. The molecule has 3 aromatic rings. The number of benzene rings is 2. The van der Waals surface area contributed by atoms with Crippen LogP contribution in [-0.2, 0) is 0 Å². The van der Waals surface area contributed by atoms with Gasteiger partial charge in [-0.25, -0.2) is 10.4 Å². The largest absolute Gasteiger partial charge is 0.333 e. The fourth-order valence-electron chi connectivity index (χ4n) is 2.23. The van der Waals surface area contributed by atoms with Crippen molar-refractivity contribution >= 4 is 58.1 Å². The van der Waals surface area contributed by atoms with E-state index in [-0.39, 0.29) is 5.91 Å². The molecule has 0 saturated heterocycles. The Labute approximate surface area is 165 Å². The van der Waals surface area contributed by atoms with Crippen molar-refractivity contribution in [3.05, 3.63) is 57.6 Å². The number of carbonyl (C=O) groups is 1. The zero-order chi connectivity index (χ0) is 18.7. The second kappa shape index (κ2) is 8.12. The van der Waals surface area contributed by atoms with Gasteiger partial charge in [0.05, 0.1) is 27.3 Å². The lowest BCUT2D eigenvalue weighted by Crippen LogP contribution is -2.17. The number of carbonyl (C=O) groups excluding carboxylic acids is 1. The molecule has 1 aromatic heterocycles. The molecule has 3 rings (SSSR count). The number of fused-ring (bicyclic) bond motifs is 1. The third-order valence-corrected chi connectivity index (χ3v) is 5.02. The Morgan fingerprint density at radius 3 is 2.77 bits per heavy atom. The second-order valence-electron chi connectivity index (χ2n) is 5.81. The molecule has 1 heterocycles. The van der Waals surface area contributed by atoms with Crippen LogP contribution >= 0.6 is 35.0 Å². The van der Waals surface area contributed by atoms with Gasteiger partial charge in [0.15, 0.2) is 5.16 Å². The van der Waals surface area contributed by atoms with Gasteiger partial charge in [0, 0.05) is 10.8 Å². The standard InChI is InChI=1S/C18H16Cl2N4OS/c1-10(2)26-18-22-15-6-4-12(8-16(15)23-18)17(25)24-21-9-11-3-5-13(19)14(20)7-11/h3-10H,1-2H3,(H,22,23)(H,24,25)/b21-9-. The molecule has 0 aliphatic heterocycles. The molecule has 0 radical (unpaired) electrons. The number of hydrogen-bond acceptors (Lipinski definition) is 4. The molecule has 5 nitrogen and oxygen atoms in total. The Morgan fingerprint density at radius 2 is 2.04 bits per heavy atom. The summed E-state index contributed by atoms with van der Waals surface area (Å²) < 4.78 is 0. The molecular formula is C18H16Cl2N4OS. The first-order valence-corrected chi connectivity index (χ1v) is 9.51. The van der Waals surface area contributed by atoms with Crippen LogP contribution in [0.1, 0.15) is 29.8 Å². The summed E-state index contributed by atoms with van der Waals surface area (Å²) in [5, 5.41) is 6.12. The minimum atomic E-state index is -0.309. The topological polar surface area (TPSA) is 70.1 Å². The van der Waals surface area contributed by atoms with Gasteiger partial charge in [0.1, 0.15) is 0 Å². The molecule has 0 aliphatic rings. The van der Waals surface area contributed by atoms with Crippen LogP contribution in [0.15, 0.2) is 46.7 Å². The molecule has 0 bridgehead atoms. The highest BCUT2D eigenvalue weighted by atomic mass is 35.5. The van der Waals surface area contributed by atoms with Gasteiger partial charge in [-0.05, 0) is 35.9 Å². The first-order valence-electron chi connectivity index (χ1n) is 7.87. The quantitative estimate of drug-likeness (QED) is 0.350. The molecule has 0 fully saturated rings. The van der Waals surface area contributed by atoms with Gasteiger partial charge in [-0.1, -0.05) is 54.9 Å². The first-order chi connectivity index (χ1) is 12.4. The minimum Gasteiger partial charge on any atom is -0.333 e. The SMILES string of the molecule is CC(C)Sc1nc2ccc(C(=O)N/N=C\c3ccc(Cl)c(Cl)c3)cc2[nH]1.